The van der Waals surface area contributed by atoms with Gasteiger partial charge < -0.3 is 19.7 Å². The maximum absolute atomic E-state index is 12.4. The smallest absolute Gasteiger partial charge is 0.341 e. The minimum Gasteiger partial charge on any atom is -0.460 e. The fourth-order valence-corrected chi connectivity index (χ4v) is 3.52. The minimum atomic E-state index is -2.22. The number of carbonyl (C=O) groups excluding carboxylic acids is 2. The maximum atomic E-state index is 12.4. The van der Waals surface area contributed by atoms with Crippen LogP contribution in [0.3, 0.4) is 0 Å². The van der Waals surface area contributed by atoms with E-state index >= 15 is 0 Å². The van der Waals surface area contributed by atoms with Crippen molar-refractivity contribution in [3.8, 4) is 0 Å². The summed E-state index contributed by atoms with van der Waals surface area (Å²) in [7, 11) is 0. The lowest BCUT2D eigenvalue weighted by molar-refractivity contribution is -0.205. The van der Waals surface area contributed by atoms with Gasteiger partial charge in [0.15, 0.2) is 5.60 Å². The number of esters is 2. The molecule has 0 aliphatic carbocycles. The van der Waals surface area contributed by atoms with Gasteiger partial charge in [0, 0.05) is 13.1 Å². The molecule has 2 fully saturated rings. The Labute approximate surface area is 134 Å². The molecule has 0 radical (unpaired) electrons. The molecular weight excluding hydrogens is 302 g/mol. The fourth-order valence-electron chi connectivity index (χ4n) is 3.52. The Morgan fingerprint density at radius 2 is 2.00 bits per heavy atom. The number of carbonyl (C=O) groups is 2. The van der Waals surface area contributed by atoms with Gasteiger partial charge in [-0.25, -0.2) is 4.79 Å². The van der Waals surface area contributed by atoms with Crippen LogP contribution in [0.15, 0.2) is 11.6 Å². The molecule has 0 amide bonds. The van der Waals surface area contributed by atoms with E-state index in [2.05, 4.69) is 4.90 Å². The van der Waals surface area contributed by atoms with Crippen molar-refractivity contribution in [2.24, 2.45) is 5.92 Å². The zero-order valence-electron chi connectivity index (χ0n) is 13.6. The van der Waals surface area contributed by atoms with Gasteiger partial charge in [-0.05, 0) is 32.8 Å². The second-order valence-electron chi connectivity index (χ2n) is 7.00. The molecule has 7 heteroatoms. The molecule has 128 valence electrons. The Hall–Kier alpha value is -1.44. The Morgan fingerprint density at radius 1 is 1.30 bits per heavy atom. The van der Waals surface area contributed by atoms with E-state index in [1.165, 1.54) is 13.8 Å². The third-order valence-electron chi connectivity index (χ3n) is 5.63. The number of aliphatic hydroxyl groups is 2. The third kappa shape index (κ3) is 2.38. The summed E-state index contributed by atoms with van der Waals surface area (Å²) in [6.45, 7) is 5.41. The quantitative estimate of drug-likeness (QED) is 0.462. The molecule has 7 nitrogen and oxygen atoms in total. The van der Waals surface area contributed by atoms with Gasteiger partial charge in [0.1, 0.15) is 18.3 Å². The van der Waals surface area contributed by atoms with Crippen molar-refractivity contribution >= 4 is 11.9 Å². The summed E-state index contributed by atoms with van der Waals surface area (Å²) >= 11 is 0. The highest BCUT2D eigenvalue weighted by Gasteiger charge is 2.56. The summed E-state index contributed by atoms with van der Waals surface area (Å²) in [6, 6.07) is -0.0908. The topological polar surface area (TPSA) is 96.3 Å². The molecule has 1 unspecified atom stereocenters. The van der Waals surface area contributed by atoms with E-state index in [9.17, 15) is 19.8 Å². The van der Waals surface area contributed by atoms with E-state index in [0.717, 1.165) is 25.6 Å². The van der Waals surface area contributed by atoms with Crippen LogP contribution in [0.1, 0.15) is 27.2 Å². The van der Waals surface area contributed by atoms with Crippen molar-refractivity contribution in [3.63, 3.8) is 0 Å². The third-order valence-corrected chi connectivity index (χ3v) is 5.63. The van der Waals surface area contributed by atoms with Crippen molar-refractivity contribution in [2.45, 2.75) is 50.5 Å². The number of cyclic esters (lactones) is 1. The van der Waals surface area contributed by atoms with Gasteiger partial charge in [0.05, 0.1) is 12.0 Å². The molecular formula is C16H23NO6. The Bertz CT molecular complexity index is 567. The fraction of sp³-hybridized carbons (Fsp3) is 0.750. The average Bonchev–Trinajstić information content (AvgIpc) is 3.06. The maximum Gasteiger partial charge on any atom is 0.341 e. The highest BCUT2D eigenvalue weighted by Crippen LogP contribution is 2.36. The summed E-state index contributed by atoms with van der Waals surface area (Å²) in [4.78, 5) is 26.9. The van der Waals surface area contributed by atoms with E-state index in [0.29, 0.717) is 6.42 Å². The Balaban J connectivity index is 1.97. The number of rotatable bonds is 0. The van der Waals surface area contributed by atoms with E-state index < -0.39 is 29.1 Å². The molecule has 2 saturated heterocycles. The zero-order valence-corrected chi connectivity index (χ0v) is 13.6. The first-order valence-electron chi connectivity index (χ1n) is 7.91. The summed E-state index contributed by atoms with van der Waals surface area (Å²) in [5.41, 5.74) is -3.35. The molecule has 0 aromatic rings. The molecule has 3 aliphatic rings. The molecule has 3 rings (SSSR count). The van der Waals surface area contributed by atoms with Crippen molar-refractivity contribution in [2.75, 3.05) is 19.7 Å². The molecule has 3 heterocycles. The van der Waals surface area contributed by atoms with Gasteiger partial charge in [-0.2, -0.15) is 0 Å². The predicted octanol–water partition coefficient (Wildman–Crippen LogP) is -0.393. The molecule has 5 atom stereocenters. The van der Waals surface area contributed by atoms with Gasteiger partial charge in [0.2, 0.25) is 0 Å². The van der Waals surface area contributed by atoms with Crippen molar-refractivity contribution < 1.29 is 29.3 Å². The van der Waals surface area contributed by atoms with Crippen LogP contribution < -0.4 is 0 Å². The summed E-state index contributed by atoms with van der Waals surface area (Å²) in [5.74, 6) is -2.65. The molecule has 0 spiro atoms. The van der Waals surface area contributed by atoms with E-state index in [-0.39, 0.29) is 18.8 Å². The second kappa shape index (κ2) is 5.29. The van der Waals surface area contributed by atoms with Crippen LogP contribution in [0.4, 0.5) is 0 Å². The molecule has 0 bridgehead atoms. The van der Waals surface area contributed by atoms with Crippen LogP contribution in [0, 0.1) is 5.92 Å². The zero-order chi connectivity index (χ0) is 17.0. The van der Waals surface area contributed by atoms with Gasteiger partial charge >= 0.3 is 11.9 Å². The Morgan fingerprint density at radius 3 is 2.70 bits per heavy atom. The first kappa shape index (κ1) is 16.4. The van der Waals surface area contributed by atoms with Crippen LogP contribution >= 0.6 is 0 Å². The number of nitrogens with zero attached hydrogens (tertiary/aromatic N) is 1. The summed E-state index contributed by atoms with van der Waals surface area (Å²) in [5, 5.41) is 21.1. The summed E-state index contributed by atoms with van der Waals surface area (Å²) < 4.78 is 10.8. The van der Waals surface area contributed by atoms with E-state index in [4.69, 9.17) is 9.47 Å². The van der Waals surface area contributed by atoms with Crippen molar-refractivity contribution in [1.82, 2.24) is 4.90 Å². The van der Waals surface area contributed by atoms with Gasteiger partial charge in [-0.3, -0.25) is 9.69 Å². The first-order chi connectivity index (χ1) is 10.7. The minimum absolute atomic E-state index is 0.0225. The molecule has 0 saturated carbocycles. The van der Waals surface area contributed by atoms with Gasteiger partial charge in [-0.1, -0.05) is 6.08 Å². The molecule has 3 aliphatic heterocycles. The van der Waals surface area contributed by atoms with Gasteiger partial charge in [-0.15, -0.1) is 0 Å². The molecule has 0 aromatic heterocycles. The van der Waals surface area contributed by atoms with Crippen molar-refractivity contribution in [3.05, 3.63) is 11.6 Å². The molecule has 0 aromatic carbocycles. The predicted molar refractivity (Wildman–Crippen MR) is 79.3 cm³/mol. The van der Waals surface area contributed by atoms with Crippen LogP contribution in [-0.2, 0) is 19.1 Å². The van der Waals surface area contributed by atoms with Crippen LogP contribution in [0.25, 0.3) is 0 Å². The van der Waals surface area contributed by atoms with E-state index in [1.54, 1.807) is 0 Å². The molecule has 2 N–H and O–H groups in total. The van der Waals surface area contributed by atoms with Crippen LogP contribution in [0.5, 0.6) is 0 Å². The number of hydrogen-bond donors (Lipinski definition) is 2. The first-order valence-corrected chi connectivity index (χ1v) is 7.91. The molecule has 23 heavy (non-hydrogen) atoms. The van der Waals surface area contributed by atoms with Gasteiger partial charge in [0.25, 0.3) is 0 Å². The van der Waals surface area contributed by atoms with Crippen molar-refractivity contribution in [1.29, 1.82) is 0 Å². The lowest BCUT2D eigenvalue weighted by atomic mass is 9.76. The lowest BCUT2D eigenvalue weighted by Gasteiger charge is -2.39. The SMILES string of the molecule is C[C@H]1C(=O)OC2CCN3CC=C(COC(=O)[C@](C)(O)[C@]1(C)O)[C@H]23. The average molecular weight is 325 g/mol. The van der Waals surface area contributed by atoms with Crippen LogP contribution in [0.2, 0.25) is 0 Å². The highest BCUT2D eigenvalue weighted by molar-refractivity contribution is 5.83. The highest BCUT2D eigenvalue weighted by atomic mass is 16.6. The second-order valence-corrected chi connectivity index (χ2v) is 7.00. The Kier molecular flexibility index (Phi) is 3.78. The number of hydrogen-bond acceptors (Lipinski definition) is 7. The normalized spacial score (nSPS) is 44.9. The largest absolute Gasteiger partial charge is 0.460 e. The van der Waals surface area contributed by atoms with Crippen LogP contribution in [-0.4, -0.2) is 70.1 Å². The standard InChI is InChI=1S/C16H23NO6/c1-9-13(18)23-11-5-7-17-6-4-10(12(11)17)8-22-14(19)16(3,21)15(9,2)20/h4,9,11-12,20-21H,5-8H2,1-3H3/t9-,11?,12+,15+,16-/m0/s1. The number of ether oxygens (including phenoxy) is 2. The monoisotopic (exact) mass is 325 g/mol. The van der Waals surface area contributed by atoms with E-state index in [1.807, 2.05) is 6.08 Å². The lowest BCUT2D eigenvalue weighted by Crippen LogP contribution is -2.61. The summed E-state index contributed by atoms with van der Waals surface area (Å²) in [6.07, 6.45) is 2.34.